The highest BCUT2D eigenvalue weighted by Crippen LogP contribution is 2.15. The van der Waals surface area contributed by atoms with E-state index in [9.17, 15) is 9.59 Å². The summed E-state index contributed by atoms with van der Waals surface area (Å²) >= 11 is 0. The number of nitrogens with one attached hydrogen (secondary N) is 2. The smallest absolute Gasteiger partial charge is 0.250 e. The molecular formula is C13H19N3O2. The molecule has 1 aromatic rings. The number of anilines is 1. The van der Waals surface area contributed by atoms with Crippen molar-refractivity contribution in [1.82, 2.24) is 5.32 Å². The van der Waals surface area contributed by atoms with Gasteiger partial charge in [-0.05, 0) is 18.7 Å². The van der Waals surface area contributed by atoms with Crippen LogP contribution in [0.25, 0.3) is 0 Å². The third kappa shape index (κ3) is 3.85. The van der Waals surface area contributed by atoms with Gasteiger partial charge in [-0.15, -0.1) is 0 Å². The molecule has 0 heterocycles. The van der Waals surface area contributed by atoms with Gasteiger partial charge in [-0.3, -0.25) is 9.59 Å². The maximum Gasteiger partial charge on any atom is 0.250 e. The Labute approximate surface area is 107 Å². The summed E-state index contributed by atoms with van der Waals surface area (Å²) in [5.74, 6) is -0.860. The molecule has 0 saturated heterocycles. The van der Waals surface area contributed by atoms with E-state index in [4.69, 9.17) is 5.73 Å². The maximum atomic E-state index is 11.9. The lowest BCUT2D eigenvalue weighted by molar-refractivity contribution is -0.119. The van der Waals surface area contributed by atoms with E-state index in [1.807, 2.05) is 13.8 Å². The standard InChI is InChI=1S/C13H19N3O2/c1-3-15-8-9(2)13(18)16-11-7-5-4-6-10(11)12(14)17/h4-7,9,15H,3,8H2,1-2H3,(H2,14,17)(H,16,18). The molecule has 0 bridgehead atoms. The Kier molecular flexibility index (Phi) is 5.32. The zero-order chi connectivity index (χ0) is 13.5. The van der Waals surface area contributed by atoms with E-state index in [1.165, 1.54) is 0 Å². The van der Waals surface area contributed by atoms with Crippen LogP contribution in [-0.4, -0.2) is 24.9 Å². The first-order chi connectivity index (χ1) is 8.56. The van der Waals surface area contributed by atoms with E-state index in [0.717, 1.165) is 6.54 Å². The summed E-state index contributed by atoms with van der Waals surface area (Å²) in [5, 5.41) is 5.82. The average Bonchev–Trinajstić information content (AvgIpc) is 2.36. The topological polar surface area (TPSA) is 84.2 Å². The average molecular weight is 249 g/mol. The second-order valence-corrected chi connectivity index (χ2v) is 4.11. The van der Waals surface area contributed by atoms with Crippen LogP contribution in [0.5, 0.6) is 0 Å². The van der Waals surface area contributed by atoms with Crippen molar-refractivity contribution in [3.63, 3.8) is 0 Å². The molecule has 0 spiro atoms. The van der Waals surface area contributed by atoms with E-state index >= 15 is 0 Å². The highest BCUT2D eigenvalue weighted by Gasteiger charge is 2.15. The van der Waals surface area contributed by atoms with Gasteiger partial charge in [0.1, 0.15) is 0 Å². The molecule has 5 heteroatoms. The first-order valence-corrected chi connectivity index (χ1v) is 5.96. The minimum Gasteiger partial charge on any atom is -0.366 e. The fraction of sp³-hybridized carbons (Fsp3) is 0.385. The van der Waals surface area contributed by atoms with Crippen LogP contribution in [0.4, 0.5) is 5.69 Å². The van der Waals surface area contributed by atoms with Gasteiger partial charge in [0.05, 0.1) is 11.3 Å². The SMILES string of the molecule is CCNCC(C)C(=O)Nc1ccccc1C(N)=O. The highest BCUT2D eigenvalue weighted by atomic mass is 16.2. The summed E-state index contributed by atoms with van der Waals surface area (Å²) in [4.78, 5) is 23.1. The van der Waals surface area contributed by atoms with Gasteiger partial charge in [0.2, 0.25) is 5.91 Å². The Hall–Kier alpha value is -1.88. The van der Waals surface area contributed by atoms with E-state index < -0.39 is 5.91 Å². The molecule has 98 valence electrons. The van der Waals surface area contributed by atoms with Crippen molar-refractivity contribution in [2.45, 2.75) is 13.8 Å². The van der Waals surface area contributed by atoms with Crippen molar-refractivity contribution in [1.29, 1.82) is 0 Å². The largest absolute Gasteiger partial charge is 0.366 e. The van der Waals surface area contributed by atoms with Crippen LogP contribution in [0.3, 0.4) is 0 Å². The van der Waals surface area contributed by atoms with Crippen LogP contribution < -0.4 is 16.4 Å². The number of amides is 2. The molecule has 1 rings (SSSR count). The predicted molar refractivity (Wildman–Crippen MR) is 71.3 cm³/mol. The molecule has 0 aromatic heterocycles. The molecule has 0 aliphatic rings. The van der Waals surface area contributed by atoms with Crippen molar-refractivity contribution < 1.29 is 9.59 Å². The molecule has 1 unspecified atom stereocenters. The van der Waals surface area contributed by atoms with Crippen LogP contribution in [0.1, 0.15) is 24.2 Å². The fourth-order valence-corrected chi connectivity index (χ4v) is 1.52. The second-order valence-electron chi connectivity index (χ2n) is 4.11. The van der Waals surface area contributed by atoms with Crippen molar-refractivity contribution in [3.05, 3.63) is 29.8 Å². The zero-order valence-corrected chi connectivity index (χ0v) is 10.7. The third-order valence-electron chi connectivity index (χ3n) is 2.60. The molecular weight excluding hydrogens is 230 g/mol. The molecule has 0 saturated carbocycles. The third-order valence-corrected chi connectivity index (χ3v) is 2.60. The highest BCUT2D eigenvalue weighted by molar-refractivity contribution is 6.03. The first-order valence-electron chi connectivity index (χ1n) is 5.96. The Morgan fingerprint density at radius 2 is 2.00 bits per heavy atom. The predicted octanol–water partition coefficient (Wildman–Crippen LogP) is 0.970. The number of carbonyl (C=O) groups is 2. The van der Waals surface area contributed by atoms with Gasteiger partial charge in [-0.2, -0.15) is 0 Å². The number of nitrogens with two attached hydrogens (primary N) is 1. The van der Waals surface area contributed by atoms with Crippen molar-refractivity contribution in [2.75, 3.05) is 18.4 Å². The van der Waals surface area contributed by atoms with Gasteiger partial charge >= 0.3 is 0 Å². The molecule has 18 heavy (non-hydrogen) atoms. The van der Waals surface area contributed by atoms with E-state index in [1.54, 1.807) is 24.3 Å². The zero-order valence-electron chi connectivity index (χ0n) is 10.7. The number of hydrogen-bond acceptors (Lipinski definition) is 3. The first kappa shape index (κ1) is 14.2. The number of para-hydroxylation sites is 1. The minimum atomic E-state index is -0.551. The molecule has 2 amide bonds. The van der Waals surface area contributed by atoms with Gasteiger partial charge < -0.3 is 16.4 Å². The molecule has 4 N–H and O–H groups in total. The number of rotatable bonds is 6. The maximum absolute atomic E-state index is 11.9. The van der Waals surface area contributed by atoms with Gasteiger partial charge in [-0.25, -0.2) is 0 Å². The summed E-state index contributed by atoms with van der Waals surface area (Å²) in [6, 6.07) is 6.71. The monoisotopic (exact) mass is 249 g/mol. The second kappa shape index (κ2) is 6.76. The molecule has 0 aliphatic heterocycles. The number of carbonyl (C=O) groups excluding carboxylic acids is 2. The Morgan fingerprint density at radius 3 is 2.61 bits per heavy atom. The van der Waals surface area contributed by atoms with Crippen LogP contribution in [0, 0.1) is 5.92 Å². The van der Waals surface area contributed by atoms with E-state index in [0.29, 0.717) is 17.8 Å². The lowest BCUT2D eigenvalue weighted by Gasteiger charge is -2.14. The van der Waals surface area contributed by atoms with Gasteiger partial charge in [0, 0.05) is 12.5 Å². The Balaban J connectivity index is 2.72. The number of primary amides is 1. The molecule has 1 aromatic carbocycles. The molecule has 0 fully saturated rings. The van der Waals surface area contributed by atoms with Crippen LogP contribution >= 0.6 is 0 Å². The minimum absolute atomic E-state index is 0.135. The summed E-state index contributed by atoms with van der Waals surface area (Å²) in [6.07, 6.45) is 0. The molecule has 0 radical (unpaired) electrons. The fourth-order valence-electron chi connectivity index (χ4n) is 1.52. The lowest BCUT2D eigenvalue weighted by atomic mass is 10.1. The van der Waals surface area contributed by atoms with Crippen molar-refractivity contribution in [2.24, 2.45) is 11.7 Å². The van der Waals surface area contributed by atoms with E-state index in [2.05, 4.69) is 10.6 Å². The summed E-state index contributed by atoms with van der Waals surface area (Å²) in [7, 11) is 0. The van der Waals surface area contributed by atoms with Crippen LogP contribution in [-0.2, 0) is 4.79 Å². The van der Waals surface area contributed by atoms with Crippen molar-refractivity contribution >= 4 is 17.5 Å². The molecule has 0 aliphatic carbocycles. The Morgan fingerprint density at radius 1 is 1.33 bits per heavy atom. The normalized spacial score (nSPS) is 11.9. The van der Waals surface area contributed by atoms with Gasteiger partial charge in [-0.1, -0.05) is 26.0 Å². The summed E-state index contributed by atoms with van der Waals surface area (Å²) < 4.78 is 0. The van der Waals surface area contributed by atoms with Gasteiger partial charge in [0.25, 0.3) is 5.91 Å². The van der Waals surface area contributed by atoms with E-state index in [-0.39, 0.29) is 11.8 Å². The molecule has 5 nitrogen and oxygen atoms in total. The number of benzene rings is 1. The van der Waals surface area contributed by atoms with Crippen LogP contribution in [0.15, 0.2) is 24.3 Å². The number of hydrogen-bond donors (Lipinski definition) is 3. The lowest BCUT2D eigenvalue weighted by Crippen LogP contribution is -2.31. The summed E-state index contributed by atoms with van der Waals surface area (Å²) in [6.45, 7) is 5.22. The Bertz CT molecular complexity index is 432. The summed E-state index contributed by atoms with van der Waals surface area (Å²) in [5.41, 5.74) is 6.02. The quantitative estimate of drug-likeness (QED) is 0.702. The van der Waals surface area contributed by atoms with Gasteiger partial charge in [0.15, 0.2) is 0 Å². The van der Waals surface area contributed by atoms with Crippen molar-refractivity contribution in [3.8, 4) is 0 Å². The van der Waals surface area contributed by atoms with Crippen LogP contribution in [0.2, 0.25) is 0 Å². The molecule has 1 atom stereocenters.